The van der Waals surface area contributed by atoms with Crippen LogP contribution in [0, 0.1) is 5.92 Å². The van der Waals surface area contributed by atoms with E-state index in [1.807, 2.05) is 6.92 Å². The highest BCUT2D eigenvalue weighted by atomic mass is 79.9. The highest BCUT2D eigenvalue weighted by molar-refractivity contribution is 9.10. The fourth-order valence-corrected chi connectivity index (χ4v) is 2.60. The van der Waals surface area contributed by atoms with Crippen LogP contribution in [0.15, 0.2) is 17.0 Å². The fourth-order valence-electron chi connectivity index (χ4n) is 2.13. The number of carbonyl (C=O) groups is 1. The molecule has 1 fully saturated rings. The molecule has 98 valence electrons. The van der Waals surface area contributed by atoms with Crippen LogP contribution >= 0.6 is 15.9 Å². The van der Waals surface area contributed by atoms with Crippen LogP contribution in [-0.2, 0) is 9.53 Å². The molecule has 0 unspecified atom stereocenters. The van der Waals surface area contributed by atoms with Gasteiger partial charge in [-0.3, -0.25) is 4.79 Å². The first-order valence-electron chi connectivity index (χ1n) is 6.09. The lowest BCUT2D eigenvalue weighted by Crippen LogP contribution is -2.37. The van der Waals surface area contributed by atoms with E-state index in [1.54, 1.807) is 6.20 Å². The fraction of sp³-hybridized carbons (Fsp3) is 0.583. The van der Waals surface area contributed by atoms with Gasteiger partial charge >= 0.3 is 5.97 Å². The van der Waals surface area contributed by atoms with Crippen LogP contribution < -0.4 is 4.90 Å². The van der Waals surface area contributed by atoms with E-state index < -0.39 is 0 Å². The Labute approximate surface area is 115 Å². The molecule has 1 aliphatic heterocycles. The quantitative estimate of drug-likeness (QED) is 0.799. The van der Waals surface area contributed by atoms with Crippen LogP contribution in [0.1, 0.15) is 19.8 Å². The molecule has 0 saturated carbocycles. The first-order valence-corrected chi connectivity index (χ1v) is 6.88. The number of ether oxygens (including phenoxy) is 1. The Morgan fingerprint density at radius 1 is 1.56 bits per heavy atom. The molecule has 5 nitrogen and oxygen atoms in total. The number of nitrogens with zero attached hydrogens (tertiary/aromatic N) is 3. The third kappa shape index (κ3) is 2.98. The van der Waals surface area contributed by atoms with Gasteiger partial charge in [0.15, 0.2) is 0 Å². The third-order valence-corrected chi connectivity index (χ3v) is 3.62. The van der Waals surface area contributed by atoms with E-state index in [9.17, 15) is 4.79 Å². The van der Waals surface area contributed by atoms with Gasteiger partial charge in [-0.15, -0.1) is 0 Å². The van der Waals surface area contributed by atoms with Crippen molar-refractivity contribution in [3.8, 4) is 0 Å². The lowest BCUT2D eigenvalue weighted by Gasteiger charge is -2.32. The highest BCUT2D eigenvalue weighted by Gasteiger charge is 2.27. The Bertz CT molecular complexity index is 420. The molecular formula is C12H16BrN3O2. The van der Waals surface area contributed by atoms with E-state index in [4.69, 9.17) is 4.74 Å². The molecule has 1 saturated heterocycles. The molecule has 1 aromatic rings. The number of hydrogen-bond acceptors (Lipinski definition) is 5. The van der Waals surface area contributed by atoms with Gasteiger partial charge in [0.05, 0.1) is 17.0 Å². The lowest BCUT2D eigenvalue weighted by atomic mass is 9.97. The summed E-state index contributed by atoms with van der Waals surface area (Å²) in [6, 6.07) is 0. The molecule has 0 atom stereocenters. The van der Waals surface area contributed by atoms with Gasteiger partial charge in [0.2, 0.25) is 0 Å². The molecule has 2 heterocycles. The normalized spacial score (nSPS) is 16.7. The minimum absolute atomic E-state index is 0.0295. The number of carbonyl (C=O) groups excluding carboxylic acids is 1. The van der Waals surface area contributed by atoms with Crippen LogP contribution in [0.4, 0.5) is 5.82 Å². The Morgan fingerprint density at radius 3 is 2.89 bits per heavy atom. The van der Waals surface area contributed by atoms with Crippen molar-refractivity contribution in [1.29, 1.82) is 0 Å². The maximum atomic E-state index is 11.6. The first kappa shape index (κ1) is 13.3. The Hall–Kier alpha value is -1.17. The average molecular weight is 314 g/mol. The highest BCUT2D eigenvalue weighted by Crippen LogP contribution is 2.27. The molecular weight excluding hydrogens is 298 g/mol. The van der Waals surface area contributed by atoms with E-state index in [2.05, 4.69) is 30.8 Å². The number of rotatable bonds is 3. The summed E-state index contributed by atoms with van der Waals surface area (Å²) >= 11 is 3.44. The zero-order valence-electron chi connectivity index (χ0n) is 10.3. The summed E-state index contributed by atoms with van der Waals surface area (Å²) in [5.74, 6) is 0.855. The summed E-state index contributed by atoms with van der Waals surface area (Å²) in [5.41, 5.74) is 0. The number of aromatic nitrogens is 2. The van der Waals surface area contributed by atoms with Gasteiger partial charge in [0.25, 0.3) is 0 Å². The lowest BCUT2D eigenvalue weighted by molar-refractivity contribution is -0.148. The molecule has 0 spiro atoms. The largest absolute Gasteiger partial charge is 0.466 e. The number of esters is 1. The number of anilines is 1. The predicted molar refractivity (Wildman–Crippen MR) is 71.3 cm³/mol. The van der Waals surface area contributed by atoms with Crippen molar-refractivity contribution in [3.05, 3.63) is 17.0 Å². The van der Waals surface area contributed by atoms with Crippen molar-refractivity contribution in [1.82, 2.24) is 9.97 Å². The van der Waals surface area contributed by atoms with Gasteiger partial charge in [-0.2, -0.15) is 0 Å². The monoisotopic (exact) mass is 313 g/mol. The molecule has 2 rings (SSSR count). The van der Waals surface area contributed by atoms with Gasteiger partial charge in [0, 0.05) is 19.3 Å². The van der Waals surface area contributed by atoms with Gasteiger partial charge in [-0.05, 0) is 35.7 Å². The molecule has 1 aliphatic rings. The van der Waals surface area contributed by atoms with Crippen LogP contribution in [0.25, 0.3) is 0 Å². The van der Waals surface area contributed by atoms with Crippen LogP contribution in [-0.4, -0.2) is 35.6 Å². The summed E-state index contributed by atoms with van der Waals surface area (Å²) in [6.45, 7) is 3.93. The molecule has 1 aromatic heterocycles. The van der Waals surface area contributed by atoms with Crippen molar-refractivity contribution >= 4 is 27.7 Å². The third-order valence-electron chi connectivity index (χ3n) is 3.06. The molecule has 0 aliphatic carbocycles. The van der Waals surface area contributed by atoms with Crippen molar-refractivity contribution in [2.24, 2.45) is 5.92 Å². The van der Waals surface area contributed by atoms with Crippen LogP contribution in [0.3, 0.4) is 0 Å². The molecule has 0 bridgehead atoms. The molecule has 0 aromatic carbocycles. The van der Waals surface area contributed by atoms with E-state index >= 15 is 0 Å². The Morgan fingerprint density at radius 2 is 2.28 bits per heavy atom. The Balaban J connectivity index is 1.95. The SMILES string of the molecule is CCOC(=O)C1CCN(c2ncncc2Br)CC1. The molecule has 0 N–H and O–H groups in total. The zero-order chi connectivity index (χ0) is 13.0. The second-order valence-electron chi connectivity index (χ2n) is 4.21. The minimum Gasteiger partial charge on any atom is -0.466 e. The summed E-state index contributed by atoms with van der Waals surface area (Å²) in [5, 5.41) is 0. The Kier molecular flexibility index (Phi) is 4.52. The average Bonchev–Trinajstić information content (AvgIpc) is 2.40. The maximum Gasteiger partial charge on any atom is 0.309 e. The zero-order valence-corrected chi connectivity index (χ0v) is 11.9. The van der Waals surface area contributed by atoms with Gasteiger partial charge in [-0.25, -0.2) is 9.97 Å². The second kappa shape index (κ2) is 6.13. The van der Waals surface area contributed by atoms with Crippen molar-refractivity contribution in [2.75, 3.05) is 24.6 Å². The molecule has 0 amide bonds. The minimum atomic E-state index is -0.0705. The van der Waals surface area contributed by atoms with E-state index in [0.717, 1.165) is 36.2 Å². The summed E-state index contributed by atoms with van der Waals surface area (Å²) in [7, 11) is 0. The van der Waals surface area contributed by atoms with Gasteiger partial charge in [-0.1, -0.05) is 0 Å². The van der Waals surface area contributed by atoms with E-state index in [-0.39, 0.29) is 11.9 Å². The van der Waals surface area contributed by atoms with Crippen LogP contribution in [0.5, 0.6) is 0 Å². The summed E-state index contributed by atoms with van der Waals surface area (Å²) < 4.78 is 5.94. The number of piperidine rings is 1. The molecule has 0 radical (unpaired) electrons. The smallest absolute Gasteiger partial charge is 0.309 e. The first-order chi connectivity index (χ1) is 8.72. The summed E-state index contributed by atoms with van der Waals surface area (Å²) in [4.78, 5) is 22.0. The van der Waals surface area contributed by atoms with Crippen molar-refractivity contribution in [3.63, 3.8) is 0 Å². The van der Waals surface area contributed by atoms with Gasteiger partial charge in [0.1, 0.15) is 12.1 Å². The topological polar surface area (TPSA) is 55.3 Å². The number of hydrogen-bond donors (Lipinski definition) is 0. The van der Waals surface area contributed by atoms with Crippen molar-refractivity contribution in [2.45, 2.75) is 19.8 Å². The van der Waals surface area contributed by atoms with Gasteiger partial charge < -0.3 is 9.64 Å². The standard InChI is InChI=1S/C12H16BrN3O2/c1-2-18-12(17)9-3-5-16(6-4-9)11-10(13)7-14-8-15-11/h7-9H,2-6H2,1H3. The predicted octanol–water partition coefficient (Wildman–Crippen LogP) is 2.02. The number of halogens is 1. The molecule has 18 heavy (non-hydrogen) atoms. The maximum absolute atomic E-state index is 11.6. The molecule has 6 heteroatoms. The second-order valence-corrected chi connectivity index (χ2v) is 5.06. The van der Waals surface area contributed by atoms with E-state index in [1.165, 1.54) is 6.33 Å². The summed E-state index contributed by atoms with van der Waals surface area (Å²) in [6.07, 6.45) is 4.90. The van der Waals surface area contributed by atoms with Crippen molar-refractivity contribution < 1.29 is 9.53 Å². The van der Waals surface area contributed by atoms with E-state index in [0.29, 0.717) is 6.61 Å². The van der Waals surface area contributed by atoms with Crippen LogP contribution in [0.2, 0.25) is 0 Å².